The molecule has 0 aromatic heterocycles. The van der Waals surface area contributed by atoms with Gasteiger partial charge in [0.15, 0.2) is 0 Å². The molecule has 0 fully saturated rings. The molecule has 0 unspecified atom stereocenters. The van der Waals surface area contributed by atoms with Crippen molar-refractivity contribution in [1.29, 1.82) is 0 Å². The Morgan fingerprint density at radius 1 is 0.917 bits per heavy atom. The highest BCUT2D eigenvalue weighted by Gasteiger charge is 2.15. The minimum Gasteiger partial charge on any atom is -0.355 e. The van der Waals surface area contributed by atoms with Crippen LogP contribution >= 0.6 is 0 Å². The maximum Gasteiger partial charge on any atom is 0.241 e. The van der Waals surface area contributed by atoms with Gasteiger partial charge in [-0.05, 0) is 48.4 Å². The summed E-state index contributed by atoms with van der Waals surface area (Å²) in [6.07, 6.45) is 0.497. The normalized spacial score (nSPS) is 11.2. The van der Waals surface area contributed by atoms with Gasteiger partial charge in [-0.2, -0.15) is 0 Å². The van der Waals surface area contributed by atoms with Gasteiger partial charge in [0, 0.05) is 6.54 Å². The number of carbonyl (C=O) groups is 1. The van der Waals surface area contributed by atoms with Crippen molar-refractivity contribution in [3.63, 3.8) is 0 Å². The predicted molar refractivity (Wildman–Crippen MR) is 84.7 cm³/mol. The molecule has 1 amide bonds. The van der Waals surface area contributed by atoms with E-state index in [1.807, 2.05) is 0 Å². The lowest BCUT2D eigenvalue weighted by Crippen LogP contribution is -2.37. The highest BCUT2D eigenvalue weighted by Crippen LogP contribution is 2.09. The Bertz CT molecular complexity index is 791. The standard InChI is InChI=1S/C16H16F2N2O3S/c17-13-3-1-12(2-4-13)9-10-19-16(21)11-20-24(22,23)15-7-5-14(18)6-8-15/h1-8,20H,9-11H2,(H,19,21). The number of sulfonamides is 1. The van der Waals surface area contributed by atoms with Gasteiger partial charge in [0.1, 0.15) is 11.6 Å². The quantitative estimate of drug-likeness (QED) is 0.793. The molecule has 0 heterocycles. The van der Waals surface area contributed by atoms with Crippen molar-refractivity contribution in [1.82, 2.24) is 10.0 Å². The third-order valence-corrected chi connectivity index (χ3v) is 4.61. The van der Waals surface area contributed by atoms with Crippen LogP contribution in [0.4, 0.5) is 8.78 Å². The summed E-state index contributed by atoms with van der Waals surface area (Å²) in [6, 6.07) is 10.2. The Kier molecular flexibility index (Phi) is 5.99. The topological polar surface area (TPSA) is 75.3 Å². The summed E-state index contributed by atoms with van der Waals surface area (Å²) in [5, 5.41) is 2.56. The zero-order valence-electron chi connectivity index (χ0n) is 12.6. The van der Waals surface area contributed by atoms with Gasteiger partial charge in [-0.3, -0.25) is 4.79 Å². The Hall–Kier alpha value is -2.32. The molecule has 0 bridgehead atoms. The summed E-state index contributed by atoms with van der Waals surface area (Å²) in [5.41, 5.74) is 0.851. The summed E-state index contributed by atoms with van der Waals surface area (Å²) in [5.74, 6) is -1.38. The Balaban J connectivity index is 1.78. The number of rotatable bonds is 7. The minimum absolute atomic E-state index is 0.122. The first-order valence-electron chi connectivity index (χ1n) is 7.13. The molecule has 2 aromatic carbocycles. The molecular weight excluding hydrogens is 338 g/mol. The Labute approximate surface area is 138 Å². The van der Waals surface area contributed by atoms with Crippen LogP contribution in [0.1, 0.15) is 5.56 Å². The van der Waals surface area contributed by atoms with Crippen LogP contribution in [0.5, 0.6) is 0 Å². The number of halogens is 2. The summed E-state index contributed by atoms with van der Waals surface area (Å²) in [4.78, 5) is 11.5. The summed E-state index contributed by atoms with van der Waals surface area (Å²) >= 11 is 0. The lowest BCUT2D eigenvalue weighted by atomic mass is 10.1. The predicted octanol–water partition coefficient (Wildman–Crippen LogP) is 1.60. The number of hydrogen-bond donors (Lipinski definition) is 2. The van der Waals surface area contributed by atoms with E-state index in [-0.39, 0.29) is 10.7 Å². The lowest BCUT2D eigenvalue weighted by molar-refractivity contribution is -0.119. The van der Waals surface area contributed by atoms with Gasteiger partial charge in [0.05, 0.1) is 11.4 Å². The minimum atomic E-state index is -3.87. The van der Waals surface area contributed by atoms with E-state index in [4.69, 9.17) is 0 Å². The van der Waals surface area contributed by atoms with Crippen LogP contribution < -0.4 is 10.0 Å². The van der Waals surface area contributed by atoms with Crippen LogP contribution in [0.25, 0.3) is 0 Å². The molecule has 5 nitrogen and oxygen atoms in total. The molecule has 0 spiro atoms. The second-order valence-corrected chi connectivity index (χ2v) is 6.77. The fourth-order valence-corrected chi connectivity index (χ4v) is 2.90. The van der Waals surface area contributed by atoms with Crippen molar-refractivity contribution in [3.8, 4) is 0 Å². The zero-order chi connectivity index (χ0) is 17.6. The third kappa shape index (κ3) is 5.39. The highest BCUT2D eigenvalue weighted by atomic mass is 32.2. The monoisotopic (exact) mass is 354 g/mol. The van der Waals surface area contributed by atoms with Crippen molar-refractivity contribution in [2.75, 3.05) is 13.1 Å². The van der Waals surface area contributed by atoms with Crippen LogP contribution in [0.3, 0.4) is 0 Å². The molecule has 0 saturated carbocycles. The molecule has 0 aliphatic rings. The second-order valence-electron chi connectivity index (χ2n) is 5.00. The molecule has 0 saturated heterocycles. The number of hydrogen-bond acceptors (Lipinski definition) is 3. The van der Waals surface area contributed by atoms with Crippen molar-refractivity contribution in [2.45, 2.75) is 11.3 Å². The van der Waals surface area contributed by atoms with Gasteiger partial charge in [-0.15, -0.1) is 0 Å². The molecule has 128 valence electrons. The van der Waals surface area contributed by atoms with Gasteiger partial charge in [0.25, 0.3) is 0 Å². The SMILES string of the molecule is O=C(CNS(=O)(=O)c1ccc(F)cc1)NCCc1ccc(F)cc1. The fraction of sp³-hybridized carbons (Fsp3) is 0.188. The first-order valence-corrected chi connectivity index (χ1v) is 8.61. The van der Waals surface area contributed by atoms with Gasteiger partial charge in [-0.1, -0.05) is 12.1 Å². The zero-order valence-corrected chi connectivity index (χ0v) is 13.4. The maximum absolute atomic E-state index is 12.8. The number of amides is 1. The highest BCUT2D eigenvalue weighted by molar-refractivity contribution is 7.89. The van der Waals surface area contributed by atoms with Gasteiger partial charge >= 0.3 is 0 Å². The largest absolute Gasteiger partial charge is 0.355 e. The van der Waals surface area contributed by atoms with Crippen molar-refractivity contribution in [3.05, 3.63) is 65.7 Å². The first kappa shape index (κ1) is 18.0. The van der Waals surface area contributed by atoms with E-state index < -0.39 is 28.3 Å². The van der Waals surface area contributed by atoms with E-state index in [2.05, 4.69) is 10.0 Å². The van der Waals surface area contributed by atoms with Crippen molar-refractivity contribution >= 4 is 15.9 Å². The average molecular weight is 354 g/mol. The van der Waals surface area contributed by atoms with Crippen LogP contribution in [-0.2, 0) is 21.2 Å². The smallest absolute Gasteiger partial charge is 0.241 e. The summed E-state index contributed by atoms with van der Waals surface area (Å²) < 4.78 is 51.5. The van der Waals surface area contributed by atoms with Crippen LogP contribution in [0, 0.1) is 11.6 Å². The molecule has 0 aliphatic carbocycles. The number of benzene rings is 2. The van der Waals surface area contributed by atoms with E-state index in [9.17, 15) is 22.0 Å². The molecule has 0 aliphatic heterocycles. The molecule has 2 aromatic rings. The van der Waals surface area contributed by atoms with Crippen molar-refractivity contribution < 1.29 is 22.0 Å². The van der Waals surface area contributed by atoms with Gasteiger partial charge < -0.3 is 5.32 Å². The molecular formula is C16H16F2N2O3S. The van der Waals surface area contributed by atoms with Crippen LogP contribution in [0.2, 0.25) is 0 Å². The lowest BCUT2D eigenvalue weighted by Gasteiger charge is -2.08. The number of nitrogens with one attached hydrogen (secondary N) is 2. The van der Waals surface area contributed by atoms with E-state index in [1.165, 1.54) is 12.1 Å². The Morgan fingerprint density at radius 3 is 2.04 bits per heavy atom. The summed E-state index contributed by atoms with van der Waals surface area (Å²) in [6.45, 7) is -0.133. The fourth-order valence-electron chi connectivity index (χ4n) is 1.92. The van der Waals surface area contributed by atoms with Crippen molar-refractivity contribution in [2.24, 2.45) is 0 Å². The van der Waals surface area contributed by atoms with E-state index in [0.29, 0.717) is 13.0 Å². The second kappa shape index (κ2) is 7.98. The molecule has 8 heteroatoms. The molecule has 0 radical (unpaired) electrons. The van der Waals surface area contributed by atoms with Crippen LogP contribution in [0.15, 0.2) is 53.4 Å². The first-order chi connectivity index (χ1) is 11.4. The van der Waals surface area contributed by atoms with Gasteiger partial charge in [-0.25, -0.2) is 21.9 Å². The maximum atomic E-state index is 12.8. The average Bonchev–Trinajstić information content (AvgIpc) is 2.55. The third-order valence-electron chi connectivity index (χ3n) is 3.20. The van der Waals surface area contributed by atoms with Gasteiger partial charge in [0.2, 0.25) is 15.9 Å². The number of carbonyl (C=O) groups excluding carboxylic acids is 1. The molecule has 24 heavy (non-hydrogen) atoms. The van der Waals surface area contributed by atoms with E-state index >= 15 is 0 Å². The van der Waals surface area contributed by atoms with E-state index in [0.717, 1.165) is 29.8 Å². The van der Waals surface area contributed by atoms with E-state index in [1.54, 1.807) is 12.1 Å². The summed E-state index contributed by atoms with van der Waals surface area (Å²) in [7, 11) is -3.87. The van der Waals surface area contributed by atoms with Crippen LogP contribution in [-0.4, -0.2) is 27.4 Å². The molecule has 2 rings (SSSR count). The molecule has 2 N–H and O–H groups in total. The molecule has 0 atom stereocenters. The Morgan fingerprint density at radius 2 is 1.46 bits per heavy atom.